The lowest BCUT2D eigenvalue weighted by atomic mass is 9.87. The van der Waals surface area contributed by atoms with Crippen molar-refractivity contribution in [3.05, 3.63) is 42.1 Å². The lowest BCUT2D eigenvalue weighted by Gasteiger charge is -2.20. The van der Waals surface area contributed by atoms with Gasteiger partial charge in [-0.2, -0.15) is 0 Å². The largest absolute Gasteiger partial charge is 0.350 e. The number of nitrogens with one attached hydrogen (secondary N) is 2. The average Bonchev–Trinajstić information content (AvgIpc) is 3.12. The van der Waals surface area contributed by atoms with Crippen LogP contribution in [-0.4, -0.2) is 32.9 Å². The molecule has 0 aromatic carbocycles. The summed E-state index contributed by atoms with van der Waals surface area (Å²) in [7, 11) is 0. The number of carbonyl (C=O) groups excluding carboxylic acids is 2. The molecule has 0 atom stereocenters. The van der Waals surface area contributed by atoms with Crippen molar-refractivity contribution in [2.75, 3.05) is 6.54 Å². The Labute approximate surface area is 159 Å². The smallest absolute Gasteiger partial charge is 0.239 e. The molecule has 1 aliphatic rings. The van der Waals surface area contributed by atoms with E-state index in [-0.39, 0.29) is 18.4 Å². The highest BCUT2D eigenvalue weighted by Gasteiger charge is 2.17. The van der Waals surface area contributed by atoms with Crippen LogP contribution in [0.4, 0.5) is 0 Å². The molecule has 0 spiro atoms. The molecule has 1 saturated carbocycles. The highest BCUT2D eigenvalue weighted by atomic mass is 16.2. The molecular formula is C20H27N5O2. The van der Waals surface area contributed by atoms with E-state index >= 15 is 0 Å². The summed E-state index contributed by atoms with van der Waals surface area (Å²) in [5, 5.41) is 5.57. The molecule has 27 heavy (non-hydrogen) atoms. The summed E-state index contributed by atoms with van der Waals surface area (Å²) >= 11 is 0. The summed E-state index contributed by atoms with van der Waals surface area (Å²) in [6.45, 7) is 2.32. The Bertz CT molecular complexity index is 780. The van der Waals surface area contributed by atoms with Crippen molar-refractivity contribution in [1.29, 1.82) is 0 Å². The van der Waals surface area contributed by atoms with Gasteiger partial charge in [-0.3, -0.25) is 14.2 Å². The maximum absolute atomic E-state index is 12.0. The summed E-state index contributed by atoms with van der Waals surface area (Å²) in [4.78, 5) is 32.5. The molecule has 2 amide bonds. The van der Waals surface area contributed by atoms with E-state index in [4.69, 9.17) is 0 Å². The van der Waals surface area contributed by atoms with Gasteiger partial charge < -0.3 is 10.6 Å². The van der Waals surface area contributed by atoms with Gasteiger partial charge in [-0.15, -0.1) is 0 Å². The number of carbonyl (C=O) groups is 2. The summed E-state index contributed by atoms with van der Waals surface area (Å²) in [6.07, 6.45) is 11.8. The highest BCUT2D eigenvalue weighted by molar-refractivity contribution is 5.84. The van der Waals surface area contributed by atoms with E-state index < -0.39 is 0 Å². The molecule has 144 valence electrons. The number of hydrogen-bond donors (Lipinski definition) is 2. The fourth-order valence-electron chi connectivity index (χ4n) is 3.49. The molecule has 0 saturated heterocycles. The normalized spacial score (nSPS) is 14.7. The number of hydrogen-bond acceptors (Lipinski definition) is 4. The van der Waals surface area contributed by atoms with Gasteiger partial charge in [-0.1, -0.05) is 19.3 Å². The third kappa shape index (κ3) is 5.64. The standard InChI is InChI=1S/C20H27N5O2/c1-15-21-9-10-25(15)18-11-17(7-8-22-18)13-23-20(27)14-24-19(26)12-16-5-3-2-4-6-16/h7-11,16H,2-6,12-14H2,1H3,(H,23,27)(H,24,26). The Morgan fingerprint density at radius 3 is 2.67 bits per heavy atom. The maximum atomic E-state index is 12.0. The lowest BCUT2D eigenvalue weighted by molar-refractivity contribution is -0.126. The van der Waals surface area contributed by atoms with Gasteiger partial charge in [0.25, 0.3) is 0 Å². The van der Waals surface area contributed by atoms with Crippen molar-refractivity contribution < 1.29 is 9.59 Å². The van der Waals surface area contributed by atoms with Gasteiger partial charge in [-0.25, -0.2) is 9.97 Å². The third-order valence-corrected chi connectivity index (χ3v) is 5.02. The van der Waals surface area contributed by atoms with E-state index in [1.807, 2.05) is 29.8 Å². The Morgan fingerprint density at radius 1 is 1.11 bits per heavy atom. The number of aryl methyl sites for hydroxylation is 1. The molecule has 7 heteroatoms. The lowest BCUT2D eigenvalue weighted by Crippen LogP contribution is -2.37. The summed E-state index contributed by atoms with van der Waals surface area (Å²) in [5.74, 6) is 1.87. The van der Waals surface area contributed by atoms with Gasteiger partial charge in [-0.05, 0) is 43.4 Å². The maximum Gasteiger partial charge on any atom is 0.239 e. The summed E-state index contributed by atoms with van der Waals surface area (Å²) in [6, 6.07) is 3.77. The molecular weight excluding hydrogens is 342 g/mol. The van der Waals surface area contributed by atoms with Crippen LogP contribution in [0.5, 0.6) is 0 Å². The topological polar surface area (TPSA) is 88.9 Å². The molecule has 0 bridgehead atoms. The number of pyridine rings is 1. The van der Waals surface area contributed by atoms with Crippen LogP contribution in [0, 0.1) is 12.8 Å². The molecule has 7 nitrogen and oxygen atoms in total. The number of rotatable bonds is 7. The monoisotopic (exact) mass is 369 g/mol. The van der Waals surface area contributed by atoms with E-state index in [1.54, 1.807) is 12.4 Å². The molecule has 0 aliphatic heterocycles. The first-order chi connectivity index (χ1) is 13.1. The number of nitrogens with zero attached hydrogens (tertiary/aromatic N) is 3. The molecule has 2 N–H and O–H groups in total. The van der Waals surface area contributed by atoms with E-state index in [0.29, 0.717) is 18.9 Å². The molecule has 2 aromatic heterocycles. The first-order valence-corrected chi connectivity index (χ1v) is 9.60. The fraction of sp³-hybridized carbons (Fsp3) is 0.500. The second-order valence-electron chi connectivity index (χ2n) is 7.13. The Hall–Kier alpha value is -2.70. The van der Waals surface area contributed by atoms with Crippen molar-refractivity contribution in [2.24, 2.45) is 5.92 Å². The van der Waals surface area contributed by atoms with Gasteiger partial charge in [0, 0.05) is 31.6 Å². The zero-order chi connectivity index (χ0) is 19.1. The third-order valence-electron chi connectivity index (χ3n) is 5.02. The van der Waals surface area contributed by atoms with Crippen molar-refractivity contribution >= 4 is 11.8 Å². The van der Waals surface area contributed by atoms with Gasteiger partial charge in [0.15, 0.2) is 0 Å². The van der Waals surface area contributed by atoms with E-state index in [0.717, 1.165) is 30.0 Å². The van der Waals surface area contributed by atoms with E-state index in [9.17, 15) is 9.59 Å². The molecule has 0 radical (unpaired) electrons. The van der Waals surface area contributed by atoms with Crippen molar-refractivity contribution in [2.45, 2.75) is 52.0 Å². The summed E-state index contributed by atoms with van der Waals surface area (Å²) < 4.78 is 1.89. The molecule has 1 fully saturated rings. The fourth-order valence-corrected chi connectivity index (χ4v) is 3.49. The molecule has 2 aromatic rings. The predicted octanol–water partition coefficient (Wildman–Crippen LogP) is 2.28. The van der Waals surface area contributed by atoms with Crippen LogP contribution in [0.25, 0.3) is 5.82 Å². The van der Waals surface area contributed by atoms with Crippen molar-refractivity contribution in [3.8, 4) is 5.82 Å². The second kappa shape index (κ2) is 9.30. The van der Waals surface area contributed by atoms with Crippen LogP contribution in [-0.2, 0) is 16.1 Å². The number of imidazole rings is 1. The first kappa shape index (κ1) is 19.1. The molecule has 3 rings (SSSR count). The van der Waals surface area contributed by atoms with Crippen LogP contribution < -0.4 is 10.6 Å². The van der Waals surface area contributed by atoms with Crippen LogP contribution in [0.1, 0.15) is 49.9 Å². The number of aromatic nitrogens is 3. The van der Waals surface area contributed by atoms with E-state index in [2.05, 4.69) is 20.6 Å². The van der Waals surface area contributed by atoms with E-state index in [1.165, 1.54) is 19.3 Å². The van der Waals surface area contributed by atoms with Crippen molar-refractivity contribution in [1.82, 2.24) is 25.2 Å². The zero-order valence-corrected chi connectivity index (χ0v) is 15.8. The molecule has 2 heterocycles. The average molecular weight is 369 g/mol. The van der Waals surface area contributed by atoms with Gasteiger partial charge in [0.05, 0.1) is 6.54 Å². The summed E-state index contributed by atoms with van der Waals surface area (Å²) in [5.41, 5.74) is 0.940. The Kier molecular flexibility index (Phi) is 6.57. The minimum atomic E-state index is -0.191. The van der Waals surface area contributed by atoms with Crippen LogP contribution in [0.15, 0.2) is 30.7 Å². The predicted molar refractivity (Wildman–Crippen MR) is 102 cm³/mol. The first-order valence-electron chi connectivity index (χ1n) is 9.60. The molecule has 1 aliphatic carbocycles. The second-order valence-corrected chi connectivity index (χ2v) is 7.13. The number of amides is 2. The minimum Gasteiger partial charge on any atom is -0.350 e. The molecule has 0 unspecified atom stereocenters. The highest BCUT2D eigenvalue weighted by Crippen LogP contribution is 2.25. The van der Waals surface area contributed by atoms with Gasteiger partial charge in [0.2, 0.25) is 11.8 Å². The Balaban J connectivity index is 1.42. The quantitative estimate of drug-likeness (QED) is 0.784. The zero-order valence-electron chi connectivity index (χ0n) is 15.8. The van der Waals surface area contributed by atoms with Crippen LogP contribution in [0.3, 0.4) is 0 Å². The van der Waals surface area contributed by atoms with Crippen molar-refractivity contribution in [3.63, 3.8) is 0 Å². The minimum absolute atomic E-state index is 0.0180. The van der Waals surface area contributed by atoms with Gasteiger partial charge in [0.1, 0.15) is 11.6 Å². The van der Waals surface area contributed by atoms with Gasteiger partial charge >= 0.3 is 0 Å². The van der Waals surface area contributed by atoms with Crippen LogP contribution >= 0.6 is 0 Å². The van der Waals surface area contributed by atoms with Crippen LogP contribution in [0.2, 0.25) is 0 Å². The SMILES string of the molecule is Cc1nccn1-c1cc(CNC(=O)CNC(=O)CC2CCCCC2)ccn1. The Morgan fingerprint density at radius 2 is 1.93 bits per heavy atom.